The summed E-state index contributed by atoms with van der Waals surface area (Å²) in [7, 11) is 2.06. The monoisotopic (exact) mass is 547 g/mol. The second kappa shape index (κ2) is 12.2. The van der Waals surface area contributed by atoms with E-state index in [4.69, 9.17) is 0 Å². The second-order valence-electron chi connectivity index (χ2n) is 10.7. The van der Waals surface area contributed by atoms with Crippen LogP contribution in [0.1, 0.15) is 55.5 Å². The van der Waals surface area contributed by atoms with Gasteiger partial charge >= 0.3 is 6.18 Å². The van der Waals surface area contributed by atoms with E-state index in [-0.39, 0.29) is 29.6 Å². The molecule has 3 atom stereocenters. The predicted molar refractivity (Wildman–Crippen MR) is 143 cm³/mol. The van der Waals surface area contributed by atoms with Crippen LogP contribution in [0.2, 0.25) is 0 Å². The highest BCUT2D eigenvalue weighted by molar-refractivity contribution is 5.94. The maximum atomic E-state index is 13.7. The third-order valence-corrected chi connectivity index (χ3v) is 7.14. The minimum atomic E-state index is -4.67. The lowest BCUT2D eigenvalue weighted by atomic mass is 10.0. The quantitative estimate of drug-likeness (QED) is 0.375. The van der Waals surface area contributed by atoms with Crippen molar-refractivity contribution in [1.82, 2.24) is 25.5 Å². The molecule has 4 N–H and O–H groups in total. The Balaban J connectivity index is 1.43. The average Bonchev–Trinajstić information content (AvgIpc) is 3.50. The molecule has 39 heavy (non-hydrogen) atoms. The van der Waals surface area contributed by atoms with E-state index >= 15 is 0 Å². The number of hydrogen-bond acceptors (Lipinski definition) is 7. The number of hydrogen-bond donors (Lipinski definition) is 4. The Morgan fingerprint density at radius 2 is 1.87 bits per heavy atom. The molecule has 0 radical (unpaired) electrons. The van der Waals surface area contributed by atoms with Crippen LogP contribution >= 0.6 is 0 Å². The van der Waals surface area contributed by atoms with Crippen molar-refractivity contribution in [1.29, 1.82) is 0 Å². The Hall–Kier alpha value is -3.41. The molecule has 12 heteroatoms. The van der Waals surface area contributed by atoms with Gasteiger partial charge in [-0.2, -0.15) is 18.2 Å². The van der Waals surface area contributed by atoms with Gasteiger partial charge in [0, 0.05) is 42.6 Å². The zero-order valence-electron chi connectivity index (χ0n) is 22.4. The van der Waals surface area contributed by atoms with Gasteiger partial charge in [-0.3, -0.25) is 9.59 Å². The van der Waals surface area contributed by atoms with E-state index in [2.05, 4.69) is 43.2 Å². The summed E-state index contributed by atoms with van der Waals surface area (Å²) in [6.45, 7) is 6.28. The number of nitrogens with zero attached hydrogens (tertiary/aromatic N) is 3. The molecule has 9 nitrogen and oxygen atoms in total. The van der Waals surface area contributed by atoms with Crippen LogP contribution in [0.5, 0.6) is 0 Å². The summed E-state index contributed by atoms with van der Waals surface area (Å²) in [5.74, 6) is -0.782. The van der Waals surface area contributed by atoms with Crippen molar-refractivity contribution in [2.75, 3.05) is 37.3 Å². The highest BCUT2D eigenvalue weighted by Crippen LogP contribution is 2.36. The maximum absolute atomic E-state index is 13.7. The topological polar surface area (TPSA) is 111 Å². The number of alkyl halides is 3. The Labute approximate surface area is 226 Å². The van der Waals surface area contributed by atoms with Crippen molar-refractivity contribution < 1.29 is 22.8 Å². The summed E-state index contributed by atoms with van der Waals surface area (Å²) in [6.07, 6.45) is -1.01. The first-order valence-electron chi connectivity index (χ1n) is 13.3. The molecule has 1 aromatic heterocycles. The van der Waals surface area contributed by atoms with Crippen molar-refractivity contribution in [2.24, 2.45) is 11.8 Å². The first-order valence-corrected chi connectivity index (χ1v) is 13.3. The van der Waals surface area contributed by atoms with Crippen molar-refractivity contribution in [3.63, 3.8) is 0 Å². The van der Waals surface area contributed by atoms with Crippen molar-refractivity contribution in [3.05, 3.63) is 41.6 Å². The van der Waals surface area contributed by atoms with E-state index in [1.54, 1.807) is 24.3 Å². The number of likely N-dealkylation sites (tertiary alicyclic amines) is 1. The molecule has 1 aromatic carbocycles. The first kappa shape index (κ1) is 28.6. The van der Waals surface area contributed by atoms with E-state index < -0.39 is 23.7 Å². The summed E-state index contributed by atoms with van der Waals surface area (Å²) >= 11 is 0. The second-order valence-corrected chi connectivity index (χ2v) is 10.7. The third-order valence-electron chi connectivity index (χ3n) is 7.14. The van der Waals surface area contributed by atoms with E-state index in [0.717, 1.165) is 32.1 Å². The molecule has 2 fully saturated rings. The van der Waals surface area contributed by atoms with Gasteiger partial charge in [-0.25, -0.2) is 4.98 Å². The lowest BCUT2D eigenvalue weighted by Gasteiger charge is -2.24. The fraction of sp³-hybridized carbons (Fsp3) is 0.556. The van der Waals surface area contributed by atoms with Gasteiger partial charge in [0.25, 0.3) is 5.91 Å². The number of halogens is 3. The maximum Gasteiger partial charge on any atom is 0.421 e. The van der Waals surface area contributed by atoms with E-state index in [1.807, 2.05) is 13.8 Å². The van der Waals surface area contributed by atoms with Crippen LogP contribution < -0.4 is 21.3 Å². The zero-order chi connectivity index (χ0) is 28.2. The Bertz CT molecular complexity index is 1160. The Morgan fingerprint density at radius 1 is 1.13 bits per heavy atom. The predicted octanol–water partition coefficient (Wildman–Crippen LogP) is 4.03. The third kappa shape index (κ3) is 7.59. The highest BCUT2D eigenvalue weighted by atomic mass is 19.4. The van der Waals surface area contributed by atoms with Gasteiger partial charge in [-0.1, -0.05) is 6.42 Å². The van der Waals surface area contributed by atoms with Crippen molar-refractivity contribution in [3.8, 4) is 0 Å². The fourth-order valence-corrected chi connectivity index (χ4v) is 5.14. The van der Waals surface area contributed by atoms with E-state index in [9.17, 15) is 22.8 Å². The number of carbonyl (C=O) groups is 2. The number of carbonyl (C=O) groups excluding carboxylic acids is 2. The molecule has 2 heterocycles. The van der Waals surface area contributed by atoms with Crippen LogP contribution in [-0.2, 0) is 11.0 Å². The van der Waals surface area contributed by atoms with Crippen molar-refractivity contribution >= 4 is 29.3 Å². The number of nitrogens with one attached hydrogen (secondary N) is 4. The molecule has 2 amide bonds. The number of aromatic nitrogens is 2. The normalized spacial score (nSPS) is 21.7. The molecule has 1 aliphatic heterocycles. The van der Waals surface area contributed by atoms with Gasteiger partial charge in [0.15, 0.2) is 0 Å². The summed E-state index contributed by atoms with van der Waals surface area (Å²) in [5, 5.41) is 11.6. The lowest BCUT2D eigenvalue weighted by Crippen LogP contribution is -2.41. The summed E-state index contributed by atoms with van der Waals surface area (Å²) in [5.41, 5.74) is 0.00252. The summed E-state index contributed by atoms with van der Waals surface area (Å²) < 4.78 is 41.2. The van der Waals surface area contributed by atoms with Gasteiger partial charge < -0.3 is 26.2 Å². The number of benzene rings is 1. The van der Waals surface area contributed by atoms with E-state index in [0.29, 0.717) is 36.6 Å². The molecule has 1 aliphatic carbocycles. The lowest BCUT2D eigenvalue weighted by molar-refractivity contribution is -0.137. The Morgan fingerprint density at radius 3 is 2.51 bits per heavy atom. The SMILES string of the molecule is CC(C)NC(=O)[C@H]1CCC[C@H]1Nc1nc(Nc2ccc(C(=O)NCC3CCN(C)C3)cc2)ncc1C(F)(F)F. The standard InChI is InChI=1S/C27H36F3N7O2/c1-16(2)33-25(39)20-5-4-6-22(20)35-23-21(27(28,29)30)14-32-26(36-23)34-19-9-7-18(8-10-19)24(38)31-13-17-11-12-37(3)15-17/h7-10,14,16-17,20,22H,4-6,11-13,15H2,1-3H3,(H,31,38)(H,33,39)(H2,32,34,35,36)/t17?,20-,22+/m0/s1. The molecule has 2 aliphatic rings. The number of rotatable bonds is 9. The van der Waals surface area contributed by atoms with Gasteiger partial charge in [0.1, 0.15) is 11.4 Å². The Kier molecular flexibility index (Phi) is 8.94. The molecular formula is C27H36F3N7O2. The van der Waals surface area contributed by atoms with Gasteiger partial charge in [0.05, 0.1) is 5.92 Å². The fourth-order valence-electron chi connectivity index (χ4n) is 5.14. The first-order chi connectivity index (χ1) is 18.5. The van der Waals surface area contributed by atoms with E-state index in [1.165, 1.54) is 0 Å². The zero-order valence-corrected chi connectivity index (χ0v) is 22.4. The molecule has 1 saturated carbocycles. The van der Waals surface area contributed by atoms with Gasteiger partial charge in [-0.15, -0.1) is 0 Å². The minimum absolute atomic E-state index is 0.0331. The molecule has 1 unspecified atom stereocenters. The largest absolute Gasteiger partial charge is 0.421 e. The number of anilines is 3. The van der Waals surface area contributed by atoms with Gasteiger partial charge in [0.2, 0.25) is 11.9 Å². The smallest absolute Gasteiger partial charge is 0.366 e. The van der Waals surface area contributed by atoms with Crippen LogP contribution in [0.4, 0.5) is 30.6 Å². The van der Waals surface area contributed by atoms with Gasteiger partial charge in [-0.05, 0) is 76.9 Å². The minimum Gasteiger partial charge on any atom is -0.366 e. The van der Waals surface area contributed by atoms with Crippen LogP contribution in [0.15, 0.2) is 30.5 Å². The molecule has 2 aromatic rings. The molecule has 4 rings (SSSR count). The van der Waals surface area contributed by atoms with Crippen LogP contribution in [-0.4, -0.2) is 65.4 Å². The van der Waals surface area contributed by atoms with Crippen molar-refractivity contribution in [2.45, 2.75) is 57.8 Å². The van der Waals surface area contributed by atoms with Crippen LogP contribution in [0, 0.1) is 11.8 Å². The molecule has 1 saturated heterocycles. The van der Waals surface area contributed by atoms with Crippen LogP contribution in [0.25, 0.3) is 0 Å². The molecule has 0 bridgehead atoms. The molecular weight excluding hydrogens is 511 g/mol. The number of amides is 2. The average molecular weight is 548 g/mol. The van der Waals surface area contributed by atoms with Crippen LogP contribution in [0.3, 0.4) is 0 Å². The highest BCUT2D eigenvalue weighted by Gasteiger charge is 2.39. The summed E-state index contributed by atoms with van der Waals surface area (Å²) in [4.78, 5) is 35.3. The molecule has 212 valence electrons. The molecule has 0 spiro atoms. The summed E-state index contributed by atoms with van der Waals surface area (Å²) in [6, 6.07) is 6.03.